The molecular formula is C16H20ClFN2O2. The molecule has 3 atom stereocenters. The zero-order chi connectivity index (χ0) is 16.1. The largest absolute Gasteiger partial charge is 0.372 e. The van der Waals surface area contributed by atoms with E-state index >= 15 is 0 Å². The van der Waals surface area contributed by atoms with E-state index in [4.69, 9.17) is 16.3 Å². The molecular weight excluding hydrogens is 307 g/mol. The number of carbonyl (C=O) groups excluding carboxylic acids is 1. The van der Waals surface area contributed by atoms with Gasteiger partial charge in [-0.2, -0.15) is 0 Å². The quantitative estimate of drug-likeness (QED) is 0.790. The Morgan fingerprint density at radius 3 is 3.09 bits per heavy atom. The lowest BCUT2D eigenvalue weighted by Gasteiger charge is -2.24. The highest BCUT2D eigenvalue weighted by molar-refractivity contribution is 6.30. The van der Waals surface area contributed by atoms with Crippen LogP contribution in [0, 0.1) is 5.82 Å². The molecule has 1 aromatic carbocycles. The topological polar surface area (TPSA) is 50.4 Å². The van der Waals surface area contributed by atoms with Crippen molar-refractivity contribution in [1.82, 2.24) is 10.6 Å². The fourth-order valence-electron chi connectivity index (χ4n) is 2.50. The third-order valence-corrected chi connectivity index (χ3v) is 3.95. The summed E-state index contributed by atoms with van der Waals surface area (Å²) in [6, 6.07) is 4.23. The third kappa shape index (κ3) is 4.06. The van der Waals surface area contributed by atoms with E-state index in [1.54, 1.807) is 19.1 Å². The number of hydrogen-bond acceptors (Lipinski definition) is 3. The van der Waals surface area contributed by atoms with Crippen molar-refractivity contribution in [1.29, 1.82) is 0 Å². The lowest BCUT2D eigenvalue weighted by Crippen LogP contribution is -2.47. The molecule has 1 aliphatic heterocycles. The number of nitrogens with one attached hydrogen (secondary N) is 2. The van der Waals surface area contributed by atoms with Crippen LogP contribution in [0.4, 0.5) is 4.39 Å². The van der Waals surface area contributed by atoms with Gasteiger partial charge in [-0.1, -0.05) is 23.7 Å². The van der Waals surface area contributed by atoms with E-state index in [9.17, 15) is 9.18 Å². The Balaban J connectivity index is 2.02. The summed E-state index contributed by atoms with van der Waals surface area (Å²) in [6.45, 7) is 6.34. The predicted octanol–water partition coefficient (Wildman–Crippen LogP) is 2.59. The molecule has 22 heavy (non-hydrogen) atoms. The van der Waals surface area contributed by atoms with Gasteiger partial charge in [-0.3, -0.25) is 4.79 Å². The lowest BCUT2D eigenvalue weighted by atomic mass is 10.0. The average molecular weight is 327 g/mol. The van der Waals surface area contributed by atoms with Crippen LogP contribution in [0.3, 0.4) is 0 Å². The zero-order valence-corrected chi connectivity index (χ0v) is 13.2. The maximum Gasteiger partial charge on any atom is 0.237 e. The molecule has 1 saturated heterocycles. The van der Waals surface area contributed by atoms with Crippen LogP contribution >= 0.6 is 11.6 Å². The Morgan fingerprint density at radius 2 is 2.41 bits per heavy atom. The van der Waals surface area contributed by atoms with E-state index in [0.29, 0.717) is 13.2 Å². The molecule has 1 aromatic rings. The van der Waals surface area contributed by atoms with Crippen LogP contribution in [-0.2, 0) is 9.53 Å². The lowest BCUT2D eigenvalue weighted by molar-refractivity contribution is -0.122. The Bertz CT molecular complexity index is 553. The van der Waals surface area contributed by atoms with Crippen LogP contribution < -0.4 is 10.6 Å². The highest BCUT2D eigenvalue weighted by atomic mass is 35.5. The summed E-state index contributed by atoms with van der Waals surface area (Å²) >= 11 is 5.71. The van der Waals surface area contributed by atoms with Crippen molar-refractivity contribution in [2.45, 2.75) is 31.5 Å². The van der Waals surface area contributed by atoms with E-state index in [1.165, 1.54) is 12.1 Å². The van der Waals surface area contributed by atoms with Crippen LogP contribution in [0.25, 0.3) is 0 Å². The van der Waals surface area contributed by atoms with Gasteiger partial charge in [-0.15, -0.1) is 6.58 Å². The molecule has 6 heteroatoms. The molecule has 4 nitrogen and oxygen atoms in total. The van der Waals surface area contributed by atoms with Crippen molar-refractivity contribution >= 4 is 17.5 Å². The summed E-state index contributed by atoms with van der Waals surface area (Å²) in [5.41, 5.74) is 0.718. The summed E-state index contributed by atoms with van der Waals surface area (Å²) < 4.78 is 19.3. The Morgan fingerprint density at radius 1 is 1.64 bits per heavy atom. The number of hydrogen-bond donors (Lipinski definition) is 2. The fraction of sp³-hybridized carbons (Fsp3) is 0.438. The molecule has 0 spiro atoms. The number of ether oxygens (including phenoxy) is 1. The average Bonchev–Trinajstić information content (AvgIpc) is 2.95. The summed E-state index contributed by atoms with van der Waals surface area (Å²) in [5.74, 6) is -0.571. The molecule has 1 heterocycles. The first-order chi connectivity index (χ1) is 10.5. The summed E-state index contributed by atoms with van der Waals surface area (Å²) in [6.07, 6.45) is 2.10. The molecule has 0 saturated carbocycles. The second-order valence-electron chi connectivity index (χ2n) is 5.28. The van der Waals surface area contributed by atoms with Crippen molar-refractivity contribution in [3.8, 4) is 0 Å². The smallest absolute Gasteiger partial charge is 0.237 e. The molecule has 2 rings (SSSR count). The number of carbonyl (C=O) groups is 1. The minimum absolute atomic E-state index is 0.0509. The highest BCUT2D eigenvalue weighted by Gasteiger charge is 2.32. The normalized spacial score (nSPS) is 22.3. The maximum atomic E-state index is 13.6. The standard InChI is InChI=1S/C16H20ClFN2O2/c1-3-7-19-16(21)10(2)20-14-6-8-22-15(14)11-4-5-12(17)13(18)9-11/h3-5,9-10,14-15,20H,1,6-8H2,2H3,(H,19,21)/t10-,14+,15+/m0/s1. The van der Waals surface area contributed by atoms with Crippen LogP contribution in [-0.4, -0.2) is 31.1 Å². The van der Waals surface area contributed by atoms with E-state index in [0.717, 1.165) is 12.0 Å². The van der Waals surface area contributed by atoms with Crippen LogP contribution in [0.1, 0.15) is 25.0 Å². The molecule has 0 radical (unpaired) electrons. The fourth-order valence-corrected chi connectivity index (χ4v) is 2.62. The number of amides is 1. The van der Waals surface area contributed by atoms with Gasteiger partial charge < -0.3 is 15.4 Å². The number of halogens is 2. The first-order valence-electron chi connectivity index (χ1n) is 7.24. The van der Waals surface area contributed by atoms with Crippen molar-refractivity contribution in [2.24, 2.45) is 0 Å². The van der Waals surface area contributed by atoms with Crippen LogP contribution in [0.2, 0.25) is 5.02 Å². The van der Waals surface area contributed by atoms with Gasteiger partial charge in [0, 0.05) is 19.2 Å². The second-order valence-corrected chi connectivity index (χ2v) is 5.69. The molecule has 0 unspecified atom stereocenters. The van der Waals surface area contributed by atoms with Crippen molar-refractivity contribution in [3.05, 3.63) is 47.3 Å². The van der Waals surface area contributed by atoms with E-state index in [-0.39, 0.29) is 29.1 Å². The van der Waals surface area contributed by atoms with Crippen molar-refractivity contribution in [3.63, 3.8) is 0 Å². The Kier molecular flexibility index (Phi) is 5.94. The molecule has 2 N–H and O–H groups in total. The van der Waals surface area contributed by atoms with Gasteiger partial charge >= 0.3 is 0 Å². The van der Waals surface area contributed by atoms with Crippen LogP contribution in [0.15, 0.2) is 30.9 Å². The minimum atomic E-state index is -0.467. The monoisotopic (exact) mass is 326 g/mol. The molecule has 0 bridgehead atoms. The predicted molar refractivity (Wildman–Crippen MR) is 84.3 cm³/mol. The number of rotatable bonds is 6. The van der Waals surface area contributed by atoms with Gasteiger partial charge in [0.15, 0.2) is 0 Å². The first-order valence-corrected chi connectivity index (χ1v) is 7.62. The van der Waals surface area contributed by atoms with Gasteiger partial charge in [0.2, 0.25) is 5.91 Å². The second kappa shape index (κ2) is 7.72. The van der Waals surface area contributed by atoms with E-state index in [2.05, 4.69) is 17.2 Å². The minimum Gasteiger partial charge on any atom is -0.372 e. The number of benzene rings is 1. The Labute approximate surface area is 134 Å². The first kappa shape index (κ1) is 16.9. The highest BCUT2D eigenvalue weighted by Crippen LogP contribution is 2.31. The molecule has 1 aliphatic rings. The molecule has 0 aromatic heterocycles. The maximum absolute atomic E-state index is 13.6. The van der Waals surface area contributed by atoms with Crippen molar-refractivity contribution in [2.75, 3.05) is 13.2 Å². The molecule has 1 fully saturated rings. The summed E-state index contributed by atoms with van der Waals surface area (Å²) in [7, 11) is 0. The molecule has 0 aliphatic carbocycles. The SMILES string of the molecule is C=CCNC(=O)[C@H](C)N[C@@H]1CCO[C@@H]1c1ccc(Cl)c(F)c1. The van der Waals surface area contributed by atoms with Crippen molar-refractivity contribution < 1.29 is 13.9 Å². The third-order valence-electron chi connectivity index (χ3n) is 3.64. The molecule has 120 valence electrons. The van der Waals surface area contributed by atoms with E-state index < -0.39 is 5.82 Å². The van der Waals surface area contributed by atoms with Gasteiger partial charge in [-0.05, 0) is 31.0 Å². The summed E-state index contributed by atoms with van der Waals surface area (Å²) in [5, 5.41) is 6.07. The molecule has 1 amide bonds. The summed E-state index contributed by atoms with van der Waals surface area (Å²) in [4.78, 5) is 11.9. The Hall–Kier alpha value is -1.43. The van der Waals surface area contributed by atoms with Gasteiger partial charge in [-0.25, -0.2) is 4.39 Å². The van der Waals surface area contributed by atoms with Gasteiger partial charge in [0.05, 0.1) is 17.2 Å². The van der Waals surface area contributed by atoms with Gasteiger partial charge in [0.1, 0.15) is 5.82 Å². The zero-order valence-electron chi connectivity index (χ0n) is 12.4. The van der Waals surface area contributed by atoms with E-state index in [1.807, 2.05) is 0 Å². The van der Waals surface area contributed by atoms with Crippen LogP contribution in [0.5, 0.6) is 0 Å². The van der Waals surface area contributed by atoms with Gasteiger partial charge in [0.25, 0.3) is 0 Å².